The smallest absolute Gasteiger partial charge is 0.257 e. The Bertz CT molecular complexity index is 909. The first kappa shape index (κ1) is 19.3. The summed E-state index contributed by atoms with van der Waals surface area (Å²) in [6.45, 7) is -0.192. The lowest BCUT2D eigenvalue weighted by molar-refractivity contribution is -0.177. The second-order valence-electron chi connectivity index (χ2n) is 7.91. The third kappa shape index (κ3) is 3.41. The van der Waals surface area contributed by atoms with Gasteiger partial charge in [0.2, 0.25) is 0 Å². The predicted molar refractivity (Wildman–Crippen MR) is 102 cm³/mol. The molecule has 30 heavy (non-hydrogen) atoms. The van der Waals surface area contributed by atoms with E-state index in [-0.39, 0.29) is 30.9 Å². The number of ether oxygens (including phenoxy) is 3. The maximum atomic E-state index is 13.2. The molecule has 2 atom stereocenters. The molecule has 0 aromatic carbocycles. The fourth-order valence-corrected chi connectivity index (χ4v) is 4.54. The quantitative estimate of drug-likeness (QED) is 0.687. The minimum atomic E-state index is -0.777. The highest BCUT2D eigenvalue weighted by molar-refractivity contribution is 5.89. The molecule has 2 saturated heterocycles. The average molecular weight is 414 g/mol. The first-order valence-electron chi connectivity index (χ1n) is 10.2. The minimum Gasteiger partial charge on any atom is -0.489 e. The number of nitrogens with zero attached hydrogens (tertiary/aromatic N) is 4. The maximum Gasteiger partial charge on any atom is 0.257 e. The molecule has 4 heterocycles. The second-order valence-corrected chi connectivity index (χ2v) is 7.91. The van der Waals surface area contributed by atoms with Crippen molar-refractivity contribution in [1.29, 1.82) is 0 Å². The van der Waals surface area contributed by atoms with Gasteiger partial charge >= 0.3 is 0 Å². The monoisotopic (exact) mass is 414 g/mol. The standard InChI is InChI=1S/C21H23FN4O4/c22-3-6-28-15-7-14(10-24-11-15)13-29-16-8-21(9-16)20(27)26-18(1-2-19(26)30-21)17-12-23-4-5-25-17/h4-5,7,10-12,16,18-19H,1-3,6,8-9,13H2. The van der Waals surface area contributed by atoms with E-state index in [0.29, 0.717) is 25.2 Å². The molecule has 0 bridgehead atoms. The van der Waals surface area contributed by atoms with Crippen LogP contribution in [0, 0.1) is 0 Å². The van der Waals surface area contributed by atoms with Crippen LogP contribution in [-0.2, 0) is 20.9 Å². The van der Waals surface area contributed by atoms with E-state index >= 15 is 0 Å². The van der Waals surface area contributed by atoms with E-state index in [2.05, 4.69) is 15.0 Å². The predicted octanol–water partition coefficient (Wildman–Crippen LogP) is 2.36. The third-order valence-corrected chi connectivity index (χ3v) is 5.96. The van der Waals surface area contributed by atoms with Crippen molar-refractivity contribution in [3.05, 3.63) is 48.3 Å². The van der Waals surface area contributed by atoms with Crippen LogP contribution in [0.25, 0.3) is 0 Å². The van der Waals surface area contributed by atoms with Crippen molar-refractivity contribution < 1.29 is 23.4 Å². The van der Waals surface area contributed by atoms with E-state index < -0.39 is 12.3 Å². The molecule has 0 radical (unpaired) electrons. The van der Waals surface area contributed by atoms with Crippen molar-refractivity contribution in [2.75, 3.05) is 13.3 Å². The van der Waals surface area contributed by atoms with Crippen molar-refractivity contribution in [2.24, 2.45) is 0 Å². The van der Waals surface area contributed by atoms with Gasteiger partial charge < -0.3 is 19.1 Å². The number of hydrogen-bond acceptors (Lipinski definition) is 7. The summed E-state index contributed by atoms with van der Waals surface area (Å²) in [6.07, 6.45) is 10.7. The Balaban J connectivity index is 1.17. The Hall–Kier alpha value is -2.65. The van der Waals surface area contributed by atoms with Gasteiger partial charge in [-0.25, -0.2) is 4.39 Å². The molecule has 9 heteroatoms. The molecule has 158 valence electrons. The van der Waals surface area contributed by atoms with Crippen molar-refractivity contribution in [3.63, 3.8) is 0 Å². The topological polar surface area (TPSA) is 86.7 Å². The molecule has 2 aromatic rings. The number of rotatable bonds is 7. The van der Waals surface area contributed by atoms with Gasteiger partial charge in [-0.1, -0.05) is 0 Å². The van der Waals surface area contributed by atoms with Crippen LogP contribution in [0.15, 0.2) is 37.1 Å². The number of aromatic nitrogens is 3. The molecule has 2 aliphatic heterocycles. The largest absolute Gasteiger partial charge is 0.489 e. The molecular weight excluding hydrogens is 391 g/mol. The van der Waals surface area contributed by atoms with Gasteiger partial charge in [-0.3, -0.25) is 19.7 Å². The highest BCUT2D eigenvalue weighted by Gasteiger charge is 2.63. The lowest BCUT2D eigenvalue weighted by Gasteiger charge is -2.42. The van der Waals surface area contributed by atoms with Crippen LogP contribution in [0.3, 0.4) is 0 Å². The number of amides is 1. The SMILES string of the molecule is O=C1N2C(CCC2c2cnccn2)OC12CC(OCc1cncc(OCCF)c1)C2. The molecule has 2 unspecified atom stereocenters. The molecule has 5 rings (SSSR count). The van der Waals surface area contributed by atoms with Crippen LogP contribution in [0.2, 0.25) is 0 Å². The Morgan fingerprint density at radius 3 is 2.90 bits per heavy atom. The highest BCUT2D eigenvalue weighted by Crippen LogP contribution is 2.51. The molecule has 1 saturated carbocycles. The first-order chi connectivity index (χ1) is 14.7. The average Bonchev–Trinajstić information content (AvgIpc) is 3.29. The number of alkyl halides is 1. The van der Waals surface area contributed by atoms with Gasteiger partial charge in [0.1, 0.15) is 25.3 Å². The van der Waals surface area contributed by atoms with E-state index in [0.717, 1.165) is 24.1 Å². The van der Waals surface area contributed by atoms with Crippen molar-refractivity contribution in [2.45, 2.75) is 56.3 Å². The summed E-state index contributed by atoms with van der Waals surface area (Å²) in [6, 6.07) is 1.71. The van der Waals surface area contributed by atoms with Crippen LogP contribution in [0.4, 0.5) is 4.39 Å². The van der Waals surface area contributed by atoms with Gasteiger partial charge in [0.15, 0.2) is 5.60 Å². The van der Waals surface area contributed by atoms with Crippen LogP contribution < -0.4 is 4.74 Å². The molecule has 8 nitrogen and oxygen atoms in total. The van der Waals surface area contributed by atoms with Crippen LogP contribution in [0.5, 0.6) is 5.75 Å². The summed E-state index contributed by atoms with van der Waals surface area (Å²) >= 11 is 0. The summed E-state index contributed by atoms with van der Waals surface area (Å²) in [7, 11) is 0. The Morgan fingerprint density at radius 1 is 1.20 bits per heavy atom. The molecule has 3 fully saturated rings. The summed E-state index contributed by atoms with van der Waals surface area (Å²) in [4.78, 5) is 27.6. The van der Waals surface area contributed by atoms with E-state index in [1.807, 2.05) is 4.90 Å². The van der Waals surface area contributed by atoms with Gasteiger partial charge in [0.05, 0.1) is 36.8 Å². The molecular formula is C21H23FN4O4. The zero-order valence-electron chi connectivity index (χ0n) is 16.4. The second kappa shape index (κ2) is 7.88. The Kier molecular flexibility index (Phi) is 5.08. The van der Waals surface area contributed by atoms with Crippen LogP contribution in [0.1, 0.15) is 43.0 Å². The normalized spacial score (nSPS) is 29.8. The lowest BCUT2D eigenvalue weighted by Crippen LogP contribution is -2.54. The minimum absolute atomic E-state index is 0.00378. The van der Waals surface area contributed by atoms with Gasteiger partial charge in [0.25, 0.3) is 5.91 Å². The van der Waals surface area contributed by atoms with E-state index in [9.17, 15) is 9.18 Å². The molecule has 1 spiro atoms. The summed E-state index contributed by atoms with van der Waals surface area (Å²) < 4.78 is 29.6. The number of hydrogen-bond donors (Lipinski definition) is 0. The zero-order valence-corrected chi connectivity index (χ0v) is 16.4. The van der Waals surface area contributed by atoms with Crippen molar-refractivity contribution in [1.82, 2.24) is 19.9 Å². The highest BCUT2D eigenvalue weighted by atomic mass is 19.1. The third-order valence-electron chi connectivity index (χ3n) is 5.96. The lowest BCUT2D eigenvalue weighted by atomic mass is 9.76. The molecule has 0 N–H and O–H groups in total. The Morgan fingerprint density at radius 2 is 2.10 bits per heavy atom. The fourth-order valence-electron chi connectivity index (χ4n) is 4.54. The van der Waals surface area contributed by atoms with Gasteiger partial charge in [-0.2, -0.15) is 0 Å². The number of fused-ring (bicyclic) bond motifs is 1. The Labute approximate surface area is 173 Å². The molecule has 1 amide bonds. The summed E-state index contributed by atoms with van der Waals surface area (Å²) in [5.74, 6) is 0.549. The van der Waals surface area contributed by atoms with Crippen molar-refractivity contribution in [3.8, 4) is 5.75 Å². The summed E-state index contributed by atoms with van der Waals surface area (Å²) in [5, 5.41) is 0. The number of carbonyl (C=O) groups excluding carboxylic acids is 1. The van der Waals surface area contributed by atoms with E-state index in [1.165, 1.54) is 0 Å². The maximum absolute atomic E-state index is 13.2. The van der Waals surface area contributed by atoms with Crippen LogP contribution >= 0.6 is 0 Å². The first-order valence-corrected chi connectivity index (χ1v) is 10.2. The van der Waals surface area contributed by atoms with Crippen LogP contribution in [-0.4, -0.2) is 57.0 Å². The number of halogens is 1. The summed E-state index contributed by atoms with van der Waals surface area (Å²) in [5.41, 5.74) is 0.874. The molecule has 3 aliphatic rings. The number of carbonyl (C=O) groups is 1. The molecule has 2 aromatic heterocycles. The van der Waals surface area contributed by atoms with Crippen molar-refractivity contribution >= 4 is 5.91 Å². The zero-order chi connectivity index (χ0) is 20.6. The van der Waals surface area contributed by atoms with E-state index in [4.69, 9.17) is 14.2 Å². The molecule has 1 aliphatic carbocycles. The van der Waals surface area contributed by atoms with Gasteiger partial charge in [0, 0.05) is 31.4 Å². The number of pyridine rings is 1. The van der Waals surface area contributed by atoms with Gasteiger partial charge in [-0.15, -0.1) is 0 Å². The van der Waals surface area contributed by atoms with E-state index in [1.54, 1.807) is 37.1 Å². The fraction of sp³-hybridized carbons (Fsp3) is 0.524. The van der Waals surface area contributed by atoms with Gasteiger partial charge in [-0.05, 0) is 24.5 Å².